The molecule has 0 aromatic carbocycles. The van der Waals surface area contributed by atoms with Crippen LogP contribution in [0, 0.1) is 10.7 Å². The zero-order chi connectivity index (χ0) is 12.7. The number of nitrogen functional groups attached to an aromatic ring is 1. The van der Waals surface area contributed by atoms with Crippen LogP contribution in [0.3, 0.4) is 0 Å². The average Bonchev–Trinajstić information content (AvgIpc) is 2.99. The lowest BCUT2D eigenvalue weighted by molar-refractivity contribution is 0.522. The summed E-state index contributed by atoms with van der Waals surface area (Å²) in [6.07, 6.45) is 4.84. The van der Waals surface area contributed by atoms with Gasteiger partial charge in [0.15, 0.2) is 5.82 Å². The summed E-state index contributed by atoms with van der Waals surface area (Å²) in [5, 5.41) is 3.06. The molecule has 0 amide bonds. The topological polar surface area (TPSA) is 86.2 Å². The number of halogens is 1. The first-order chi connectivity index (χ1) is 8.70. The second-order valence-electron chi connectivity index (χ2n) is 4.57. The summed E-state index contributed by atoms with van der Waals surface area (Å²) < 4.78 is 15.4. The molecule has 2 atom stereocenters. The van der Waals surface area contributed by atoms with E-state index >= 15 is 0 Å². The van der Waals surface area contributed by atoms with Gasteiger partial charge in [-0.15, -0.1) is 0 Å². The van der Waals surface area contributed by atoms with Crippen molar-refractivity contribution in [2.75, 3.05) is 5.73 Å². The molecule has 0 unspecified atom stereocenters. The number of rotatable bonds is 2. The van der Waals surface area contributed by atoms with Gasteiger partial charge in [0.2, 0.25) is 0 Å². The molecule has 1 aliphatic rings. The van der Waals surface area contributed by atoms with Crippen LogP contribution in [0.5, 0.6) is 0 Å². The Labute approximate surface area is 102 Å². The summed E-state index contributed by atoms with van der Waals surface area (Å²) in [5.41, 5.74) is 6.51. The van der Waals surface area contributed by atoms with Crippen LogP contribution in [0.25, 0.3) is 11.0 Å². The zero-order valence-electron chi connectivity index (χ0n) is 9.58. The van der Waals surface area contributed by atoms with E-state index < -0.39 is 5.82 Å². The molecule has 1 saturated carbocycles. The minimum Gasteiger partial charge on any atom is -0.382 e. The van der Waals surface area contributed by atoms with Gasteiger partial charge in [-0.25, -0.2) is 14.4 Å². The summed E-state index contributed by atoms with van der Waals surface area (Å²) in [7, 11) is 0. The van der Waals surface area contributed by atoms with Gasteiger partial charge in [0.25, 0.3) is 0 Å². The maximum absolute atomic E-state index is 13.5. The lowest BCUT2D eigenvalue weighted by Crippen LogP contribution is -2.07. The van der Waals surface area contributed by atoms with E-state index in [4.69, 9.17) is 5.73 Å². The van der Waals surface area contributed by atoms with Crippen molar-refractivity contribution >= 4 is 16.9 Å². The molecule has 1 fully saturated rings. The van der Waals surface area contributed by atoms with Gasteiger partial charge >= 0.3 is 0 Å². The number of imidazole rings is 1. The van der Waals surface area contributed by atoms with E-state index in [2.05, 4.69) is 15.1 Å². The predicted octanol–water partition coefficient (Wildman–Crippen LogP) is 2.01. The van der Waals surface area contributed by atoms with E-state index in [0.29, 0.717) is 11.9 Å². The van der Waals surface area contributed by atoms with Gasteiger partial charge in [0, 0.05) is 6.04 Å². The van der Waals surface area contributed by atoms with Crippen LogP contribution in [0.2, 0.25) is 0 Å². The largest absolute Gasteiger partial charge is 0.382 e. The molecule has 2 aromatic rings. The molecule has 18 heavy (non-hydrogen) atoms. The summed E-state index contributed by atoms with van der Waals surface area (Å²) >= 11 is 0. The first kappa shape index (κ1) is 11.1. The van der Waals surface area contributed by atoms with E-state index in [9.17, 15) is 9.30 Å². The van der Waals surface area contributed by atoms with Crippen LogP contribution in [0.1, 0.15) is 25.3 Å². The molecule has 2 N–H and O–H groups in total. The molecular formula is C11H12FN5O. The van der Waals surface area contributed by atoms with Crippen LogP contribution in [0.15, 0.2) is 17.7 Å². The van der Waals surface area contributed by atoms with E-state index in [1.807, 2.05) is 4.57 Å². The number of pyridine rings is 1. The van der Waals surface area contributed by atoms with Crippen LogP contribution in [0.4, 0.5) is 10.2 Å². The fourth-order valence-corrected chi connectivity index (χ4v) is 2.60. The molecule has 0 bridgehead atoms. The summed E-state index contributed by atoms with van der Waals surface area (Å²) in [6.45, 7) is 0. The van der Waals surface area contributed by atoms with Gasteiger partial charge in [-0.05, 0) is 19.3 Å². The smallest absolute Gasteiger partial charge is 0.169 e. The highest BCUT2D eigenvalue weighted by molar-refractivity contribution is 5.85. The number of hydrogen-bond donors (Lipinski definition) is 1. The third kappa shape index (κ3) is 1.54. The van der Waals surface area contributed by atoms with E-state index in [-0.39, 0.29) is 23.4 Å². The van der Waals surface area contributed by atoms with Crippen LogP contribution in [-0.4, -0.2) is 20.6 Å². The molecule has 0 saturated heterocycles. The minimum atomic E-state index is -0.485. The molecule has 0 radical (unpaired) electrons. The normalized spacial score (nSPS) is 23.6. The van der Waals surface area contributed by atoms with Crippen LogP contribution in [-0.2, 0) is 0 Å². The van der Waals surface area contributed by atoms with Gasteiger partial charge in [-0.1, -0.05) is 5.18 Å². The summed E-state index contributed by atoms with van der Waals surface area (Å²) in [4.78, 5) is 18.4. The molecule has 1 aliphatic carbocycles. The second kappa shape index (κ2) is 4.01. The van der Waals surface area contributed by atoms with Crippen LogP contribution < -0.4 is 5.73 Å². The Kier molecular flexibility index (Phi) is 2.46. The lowest BCUT2D eigenvalue weighted by Gasteiger charge is -2.12. The fraction of sp³-hybridized carbons (Fsp3) is 0.455. The Morgan fingerprint density at radius 2 is 2.28 bits per heavy atom. The Bertz CT molecular complexity index is 611. The average molecular weight is 249 g/mol. The Morgan fingerprint density at radius 3 is 3.00 bits per heavy atom. The number of anilines is 1. The summed E-state index contributed by atoms with van der Waals surface area (Å²) in [6, 6.07) is -0.0845. The molecule has 2 heterocycles. The minimum absolute atomic E-state index is 0.0867. The lowest BCUT2D eigenvalue weighted by atomic mass is 10.2. The molecule has 0 spiro atoms. The first-order valence-electron chi connectivity index (χ1n) is 5.79. The van der Waals surface area contributed by atoms with E-state index in [1.165, 1.54) is 0 Å². The maximum Gasteiger partial charge on any atom is 0.169 e. The highest BCUT2D eigenvalue weighted by Gasteiger charge is 2.28. The third-order valence-corrected chi connectivity index (χ3v) is 3.50. The number of hydrogen-bond acceptors (Lipinski definition) is 5. The van der Waals surface area contributed by atoms with Gasteiger partial charge in [0.05, 0.1) is 18.6 Å². The van der Waals surface area contributed by atoms with Crippen molar-refractivity contribution in [1.29, 1.82) is 0 Å². The fourth-order valence-electron chi connectivity index (χ4n) is 2.60. The van der Waals surface area contributed by atoms with Gasteiger partial charge in [-0.2, -0.15) is 4.91 Å². The standard InChI is InChI=1S/C11H12FN5O/c12-8-4-14-11(13)10-9(8)15-5-17(10)7-2-1-6(3-7)16-18/h4-7H,1-3H2,(H2,13,14)/t6-,7-/m1/s1. The van der Waals surface area contributed by atoms with Crippen molar-refractivity contribution in [3.8, 4) is 0 Å². The predicted molar refractivity (Wildman–Crippen MR) is 64.4 cm³/mol. The van der Waals surface area contributed by atoms with Crippen molar-refractivity contribution in [2.45, 2.75) is 31.3 Å². The highest BCUT2D eigenvalue weighted by atomic mass is 19.1. The Balaban J connectivity index is 2.08. The monoisotopic (exact) mass is 249 g/mol. The number of nitrogens with two attached hydrogens (primary N) is 1. The number of fused-ring (bicyclic) bond motifs is 1. The van der Waals surface area contributed by atoms with Crippen molar-refractivity contribution in [3.63, 3.8) is 0 Å². The molecular weight excluding hydrogens is 237 g/mol. The quantitative estimate of drug-likeness (QED) is 0.825. The van der Waals surface area contributed by atoms with Crippen LogP contribution >= 0.6 is 0 Å². The third-order valence-electron chi connectivity index (χ3n) is 3.50. The van der Waals surface area contributed by atoms with Gasteiger partial charge in [-0.3, -0.25) is 0 Å². The van der Waals surface area contributed by atoms with E-state index in [0.717, 1.165) is 19.0 Å². The molecule has 0 aliphatic heterocycles. The van der Waals surface area contributed by atoms with E-state index in [1.54, 1.807) is 6.33 Å². The van der Waals surface area contributed by atoms with Crippen molar-refractivity contribution in [1.82, 2.24) is 14.5 Å². The van der Waals surface area contributed by atoms with Gasteiger partial charge < -0.3 is 10.3 Å². The van der Waals surface area contributed by atoms with Crippen molar-refractivity contribution in [3.05, 3.63) is 23.2 Å². The van der Waals surface area contributed by atoms with Gasteiger partial charge in [0.1, 0.15) is 16.9 Å². The number of nitrogens with zero attached hydrogens (tertiary/aromatic N) is 4. The Morgan fingerprint density at radius 1 is 1.44 bits per heavy atom. The highest BCUT2D eigenvalue weighted by Crippen LogP contribution is 2.35. The maximum atomic E-state index is 13.5. The molecule has 6 nitrogen and oxygen atoms in total. The number of nitroso groups, excluding NO2 is 1. The zero-order valence-corrected chi connectivity index (χ0v) is 9.58. The Hall–Kier alpha value is -2.05. The molecule has 3 rings (SSSR count). The summed E-state index contributed by atoms with van der Waals surface area (Å²) in [5.74, 6) is -0.229. The first-order valence-corrected chi connectivity index (χ1v) is 5.79. The van der Waals surface area contributed by atoms with Crippen molar-refractivity contribution in [2.24, 2.45) is 5.18 Å². The second-order valence-corrected chi connectivity index (χ2v) is 4.57. The molecule has 94 valence electrons. The molecule has 2 aromatic heterocycles. The SMILES string of the molecule is Nc1ncc(F)c2ncn([C@@H]3CC[C@@H](N=O)C3)c12. The van der Waals surface area contributed by atoms with Crippen molar-refractivity contribution < 1.29 is 4.39 Å². The number of aromatic nitrogens is 3. The molecule has 7 heteroatoms.